The zero-order valence-corrected chi connectivity index (χ0v) is 4.06. The second-order valence-corrected chi connectivity index (χ2v) is 0.576. The first-order valence-corrected chi connectivity index (χ1v) is 1.17. The van der Waals surface area contributed by atoms with Gasteiger partial charge in [-0.1, -0.05) is 0 Å². The van der Waals surface area contributed by atoms with Crippen molar-refractivity contribution in [3.05, 3.63) is 0 Å². The maximum Gasteiger partial charge on any atom is 2.00 e. The first kappa shape index (κ1) is 9.34. The molecule has 0 bridgehead atoms. The number of hydrogen-bond donors (Lipinski definition) is 1. The number of rotatable bonds is 1. The van der Waals surface area contributed by atoms with Crippen molar-refractivity contribution in [1.82, 2.24) is 0 Å². The number of carboxylic acid groups (broad SMARTS) is 1. The second kappa shape index (κ2) is 4.95. The molecule has 0 fully saturated rings. The number of hydrogen-bond acceptors (Lipinski definition) is 3. The molecule has 2 N–H and O–H groups in total. The van der Waals surface area contributed by atoms with Crippen molar-refractivity contribution in [2.75, 3.05) is 6.54 Å². The van der Waals surface area contributed by atoms with E-state index in [1.807, 2.05) is 0 Å². The second-order valence-electron chi connectivity index (χ2n) is 0.576. The minimum absolute atomic E-state index is 0. The van der Waals surface area contributed by atoms with Crippen molar-refractivity contribution in [2.45, 2.75) is 0 Å². The van der Waals surface area contributed by atoms with Gasteiger partial charge in [0.1, 0.15) is 0 Å². The summed E-state index contributed by atoms with van der Waals surface area (Å²) in [4.78, 5) is 9.13. The van der Waals surface area contributed by atoms with Gasteiger partial charge >= 0.3 is 17.1 Å². The van der Waals surface area contributed by atoms with Crippen LogP contribution in [0.2, 0.25) is 0 Å². The van der Waals surface area contributed by atoms with Crippen LogP contribution >= 0.6 is 0 Å². The van der Waals surface area contributed by atoms with Crippen LogP contribution in [0, 0.1) is 0 Å². The Hall–Kier alpha value is -0.0505. The fourth-order valence-corrected chi connectivity index (χ4v) is 0. The van der Waals surface area contributed by atoms with Gasteiger partial charge in [0.25, 0.3) is 0 Å². The molecule has 0 aliphatic heterocycles. The van der Waals surface area contributed by atoms with Crippen LogP contribution in [0.5, 0.6) is 0 Å². The maximum atomic E-state index is 9.13. The van der Waals surface area contributed by atoms with Gasteiger partial charge in [-0.25, -0.2) is 0 Å². The average Bonchev–Trinajstić information content (AvgIpc) is 1.38. The van der Waals surface area contributed by atoms with Crippen molar-refractivity contribution >= 4 is 5.97 Å². The monoisotopic (exact) mass is 130 g/mol. The number of carboxylic acids is 1. The van der Waals surface area contributed by atoms with Gasteiger partial charge in [0.15, 0.2) is 0 Å². The molecule has 0 spiro atoms. The summed E-state index contributed by atoms with van der Waals surface area (Å²) in [5.74, 6) is -1.22. The smallest absolute Gasteiger partial charge is 0.549 e. The molecule has 0 unspecified atom stereocenters. The summed E-state index contributed by atoms with van der Waals surface area (Å²) in [6.45, 7) is -0.389. The summed E-state index contributed by atoms with van der Waals surface area (Å²) in [5.41, 5.74) is 4.51. The third kappa shape index (κ3) is 9.04. The first-order chi connectivity index (χ1) is 2.27. The van der Waals surface area contributed by atoms with Crippen molar-refractivity contribution in [2.24, 2.45) is 5.73 Å². The molecule has 0 rings (SSSR count). The Morgan fingerprint density at radius 3 is 2.00 bits per heavy atom. The van der Waals surface area contributed by atoms with E-state index >= 15 is 0 Å². The summed E-state index contributed by atoms with van der Waals surface area (Å²) in [6.07, 6.45) is 0. The Morgan fingerprint density at radius 2 is 2.00 bits per heavy atom. The minimum atomic E-state index is -1.22. The fraction of sp³-hybridized carbons (Fsp3) is 0.500. The molecule has 0 aliphatic rings. The van der Waals surface area contributed by atoms with Crippen LogP contribution in [0.25, 0.3) is 0 Å². The van der Waals surface area contributed by atoms with Gasteiger partial charge in [-0.2, -0.15) is 0 Å². The summed E-state index contributed by atoms with van der Waals surface area (Å²) >= 11 is 0. The van der Waals surface area contributed by atoms with E-state index in [0.29, 0.717) is 0 Å². The summed E-state index contributed by atoms with van der Waals surface area (Å²) in [5, 5.41) is 9.13. The molecule has 0 radical (unpaired) electrons. The molecule has 0 atom stereocenters. The molecule has 6 heavy (non-hydrogen) atoms. The Balaban J connectivity index is 0. The number of nitrogens with two attached hydrogens (primary N) is 1. The third-order valence-electron chi connectivity index (χ3n) is 0.167. The van der Waals surface area contributed by atoms with Crippen LogP contribution in [0.15, 0.2) is 0 Å². The number of aliphatic carboxylic acids is 1. The zero-order valence-electron chi connectivity index (χ0n) is 2.95. The SMILES string of the molecule is NCC(=O)[O-].[Fe+2]. The Labute approximate surface area is 46.0 Å². The van der Waals surface area contributed by atoms with Crippen LogP contribution in [0.4, 0.5) is 0 Å². The van der Waals surface area contributed by atoms with Gasteiger partial charge in [-0.3, -0.25) is 0 Å². The van der Waals surface area contributed by atoms with E-state index in [0.717, 1.165) is 0 Å². The van der Waals surface area contributed by atoms with Crippen LogP contribution < -0.4 is 10.8 Å². The van der Waals surface area contributed by atoms with Crippen molar-refractivity contribution in [3.8, 4) is 0 Å². The molecule has 0 aliphatic carbocycles. The van der Waals surface area contributed by atoms with Crippen molar-refractivity contribution in [3.63, 3.8) is 0 Å². The topological polar surface area (TPSA) is 66.2 Å². The molecule has 0 saturated carbocycles. The van der Waals surface area contributed by atoms with E-state index in [1.54, 1.807) is 0 Å². The van der Waals surface area contributed by atoms with Crippen LogP contribution in [-0.4, -0.2) is 12.5 Å². The minimum Gasteiger partial charge on any atom is -0.549 e. The maximum absolute atomic E-state index is 9.13. The van der Waals surface area contributed by atoms with Crippen molar-refractivity contribution in [1.29, 1.82) is 0 Å². The van der Waals surface area contributed by atoms with Gasteiger partial charge in [0, 0.05) is 6.54 Å². The molecular formula is C2H4FeNO2+. The van der Waals surface area contributed by atoms with Gasteiger partial charge < -0.3 is 15.6 Å². The molecule has 3 nitrogen and oxygen atoms in total. The normalized spacial score (nSPS) is 6.17. The fourth-order valence-electron chi connectivity index (χ4n) is 0. The summed E-state index contributed by atoms with van der Waals surface area (Å²) < 4.78 is 0. The molecule has 0 amide bonds. The van der Waals surface area contributed by atoms with Gasteiger partial charge in [0.05, 0.1) is 5.97 Å². The van der Waals surface area contributed by atoms with E-state index in [1.165, 1.54) is 0 Å². The summed E-state index contributed by atoms with van der Waals surface area (Å²) in [6, 6.07) is 0. The van der Waals surface area contributed by atoms with E-state index in [4.69, 9.17) is 9.90 Å². The molecule has 0 aromatic carbocycles. The average molecular weight is 130 g/mol. The Kier molecular flexibility index (Phi) is 7.71. The predicted octanol–water partition coefficient (Wildman–Crippen LogP) is -2.31. The molecular weight excluding hydrogens is 126 g/mol. The van der Waals surface area contributed by atoms with E-state index < -0.39 is 5.97 Å². The van der Waals surface area contributed by atoms with Crippen molar-refractivity contribution < 1.29 is 27.0 Å². The molecule has 0 saturated heterocycles. The predicted molar refractivity (Wildman–Crippen MR) is 14.1 cm³/mol. The number of carbonyl (C=O) groups excluding carboxylic acids is 1. The first-order valence-electron chi connectivity index (χ1n) is 1.17. The Morgan fingerprint density at radius 1 is 1.83 bits per heavy atom. The van der Waals surface area contributed by atoms with Crippen LogP contribution in [0.3, 0.4) is 0 Å². The van der Waals surface area contributed by atoms with Gasteiger partial charge in [0.2, 0.25) is 0 Å². The van der Waals surface area contributed by atoms with E-state index in [-0.39, 0.29) is 23.6 Å². The molecule has 4 heteroatoms. The van der Waals surface area contributed by atoms with Crippen LogP contribution in [0.1, 0.15) is 0 Å². The quantitative estimate of drug-likeness (QED) is 0.405. The van der Waals surface area contributed by atoms with Gasteiger partial charge in [-0.05, 0) is 0 Å². The summed E-state index contributed by atoms with van der Waals surface area (Å²) in [7, 11) is 0. The molecule has 36 valence electrons. The third-order valence-corrected chi connectivity index (χ3v) is 0.167. The zero-order chi connectivity index (χ0) is 4.28. The molecule has 0 aromatic rings. The largest absolute Gasteiger partial charge is 2.00 e. The van der Waals surface area contributed by atoms with E-state index in [2.05, 4.69) is 5.73 Å². The van der Waals surface area contributed by atoms with E-state index in [9.17, 15) is 0 Å². The molecule has 0 heterocycles. The Bertz CT molecular complexity index is 46.8. The van der Waals surface area contributed by atoms with Crippen LogP contribution in [-0.2, 0) is 21.9 Å². The van der Waals surface area contributed by atoms with Gasteiger partial charge in [-0.15, -0.1) is 0 Å². The standard InChI is InChI=1S/C2H5NO2.Fe/c3-1-2(4)5;/h1,3H2,(H,4,5);/q;+2/p-1. The molecule has 0 aromatic heterocycles. The number of carbonyl (C=O) groups is 1.